The van der Waals surface area contributed by atoms with Crippen LogP contribution >= 0.6 is 0 Å². The third-order valence-corrected chi connectivity index (χ3v) is 6.13. The third-order valence-electron chi connectivity index (χ3n) is 6.13. The fourth-order valence-electron chi connectivity index (χ4n) is 4.29. The molecular weight excluding hydrogens is 370 g/mol. The van der Waals surface area contributed by atoms with E-state index in [-0.39, 0.29) is 30.2 Å². The Kier molecular flexibility index (Phi) is 7.66. The zero-order valence-electron chi connectivity index (χ0n) is 17.9. The monoisotopic (exact) mass is 405 g/mol. The van der Waals surface area contributed by atoms with E-state index >= 15 is 0 Å². The molecule has 8 heteroatoms. The Morgan fingerprint density at radius 1 is 1.21 bits per heavy atom. The lowest BCUT2D eigenvalue weighted by Gasteiger charge is -2.34. The second kappa shape index (κ2) is 10.2. The highest BCUT2D eigenvalue weighted by molar-refractivity contribution is 5.85. The van der Waals surface area contributed by atoms with Crippen molar-refractivity contribution in [2.45, 2.75) is 64.1 Å². The van der Waals surface area contributed by atoms with Gasteiger partial charge in [0.1, 0.15) is 11.5 Å². The lowest BCUT2D eigenvalue weighted by molar-refractivity contribution is -0.135. The molecule has 2 fully saturated rings. The zero-order chi connectivity index (χ0) is 20.8. The lowest BCUT2D eigenvalue weighted by atomic mass is 9.96. The van der Waals surface area contributed by atoms with Crippen LogP contribution in [0.25, 0.3) is 0 Å². The van der Waals surface area contributed by atoms with Crippen LogP contribution in [0.5, 0.6) is 0 Å². The molecule has 2 aliphatic heterocycles. The number of hydrogen-bond donors (Lipinski definition) is 2. The zero-order valence-corrected chi connectivity index (χ0v) is 17.9. The molecule has 0 aliphatic carbocycles. The number of aryl methyl sites for hydroxylation is 1. The highest BCUT2D eigenvalue weighted by Crippen LogP contribution is 2.20. The number of rotatable bonds is 5. The van der Waals surface area contributed by atoms with Gasteiger partial charge in [-0.05, 0) is 52.7 Å². The van der Waals surface area contributed by atoms with E-state index in [9.17, 15) is 9.59 Å². The van der Waals surface area contributed by atoms with Gasteiger partial charge < -0.3 is 25.0 Å². The molecule has 0 spiro atoms. The molecule has 29 heavy (non-hydrogen) atoms. The van der Waals surface area contributed by atoms with Gasteiger partial charge in [-0.1, -0.05) is 11.6 Å². The van der Waals surface area contributed by atoms with Gasteiger partial charge in [-0.25, -0.2) is 0 Å². The van der Waals surface area contributed by atoms with Crippen molar-refractivity contribution >= 4 is 11.8 Å². The van der Waals surface area contributed by atoms with Gasteiger partial charge in [-0.3, -0.25) is 9.59 Å². The van der Waals surface area contributed by atoms with Crippen LogP contribution in [0.4, 0.5) is 0 Å². The normalized spacial score (nSPS) is 25.3. The molecular formula is C21H35N5O3. The summed E-state index contributed by atoms with van der Waals surface area (Å²) in [5.41, 5.74) is 0.699. The fraction of sp³-hybridized carbons (Fsp3) is 0.762. The van der Waals surface area contributed by atoms with E-state index in [1.54, 1.807) is 4.90 Å². The predicted molar refractivity (Wildman–Crippen MR) is 110 cm³/mol. The molecule has 2 N–H and O–H groups in total. The minimum Gasteiger partial charge on any atom is -0.361 e. The molecule has 1 aromatic heterocycles. The summed E-state index contributed by atoms with van der Waals surface area (Å²) in [6.45, 7) is 5.09. The number of hydrogen-bond acceptors (Lipinski definition) is 6. The first-order chi connectivity index (χ1) is 13.9. The number of aromatic nitrogens is 1. The van der Waals surface area contributed by atoms with Crippen LogP contribution in [0, 0.1) is 12.8 Å². The van der Waals surface area contributed by atoms with Crippen molar-refractivity contribution in [1.82, 2.24) is 25.6 Å². The van der Waals surface area contributed by atoms with Gasteiger partial charge in [0.05, 0.1) is 6.54 Å². The summed E-state index contributed by atoms with van der Waals surface area (Å²) >= 11 is 0. The maximum atomic E-state index is 12.7. The molecule has 0 saturated carbocycles. The van der Waals surface area contributed by atoms with Gasteiger partial charge >= 0.3 is 0 Å². The smallest absolute Gasteiger partial charge is 0.223 e. The van der Waals surface area contributed by atoms with Gasteiger partial charge in [0.25, 0.3) is 0 Å². The van der Waals surface area contributed by atoms with Crippen LogP contribution in [-0.4, -0.2) is 72.6 Å². The lowest BCUT2D eigenvalue weighted by Crippen LogP contribution is -2.49. The summed E-state index contributed by atoms with van der Waals surface area (Å²) in [5.74, 6) is 0.394. The largest absolute Gasteiger partial charge is 0.361 e. The molecule has 2 amide bonds. The molecule has 0 unspecified atom stereocenters. The first-order valence-corrected chi connectivity index (χ1v) is 10.8. The fourth-order valence-corrected chi connectivity index (χ4v) is 4.29. The van der Waals surface area contributed by atoms with Crippen LogP contribution in [-0.2, 0) is 16.1 Å². The Morgan fingerprint density at radius 2 is 1.97 bits per heavy atom. The van der Waals surface area contributed by atoms with Gasteiger partial charge in [0.2, 0.25) is 11.8 Å². The summed E-state index contributed by atoms with van der Waals surface area (Å²) in [7, 11) is 4.02. The first-order valence-electron chi connectivity index (χ1n) is 10.8. The van der Waals surface area contributed by atoms with E-state index < -0.39 is 0 Å². The molecule has 3 heterocycles. The molecule has 0 radical (unpaired) electrons. The number of nitrogens with zero attached hydrogens (tertiary/aromatic N) is 3. The standard InChI is InChI=1S/C21H35N5O3/c1-15-11-19(24-29-15)13-22-21(28)16-5-4-6-18(14-26(3)20(27)12-16)23-17-7-9-25(2)10-8-17/h11,16-18,23H,4-10,12-14H2,1-3H3,(H,22,28)/t16-,18-/m1/s1. The predicted octanol–water partition coefficient (Wildman–Crippen LogP) is 1.30. The van der Waals surface area contributed by atoms with Crippen LogP contribution in [0.1, 0.15) is 50.0 Å². The van der Waals surface area contributed by atoms with Crippen molar-refractivity contribution in [3.63, 3.8) is 0 Å². The summed E-state index contributed by atoms with van der Waals surface area (Å²) in [4.78, 5) is 29.5. The Bertz CT molecular complexity index is 684. The summed E-state index contributed by atoms with van der Waals surface area (Å²) in [6, 6.07) is 2.62. The Hall–Kier alpha value is -1.93. The quantitative estimate of drug-likeness (QED) is 0.767. The van der Waals surface area contributed by atoms with Crippen LogP contribution < -0.4 is 10.6 Å². The molecule has 3 rings (SSSR count). The second-order valence-corrected chi connectivity index (χ2v) is 8.69. The highest BCUT2D eigenvalue weighted by atomic mass is 16.5. The van der Waals surface area contributed by atoms with Crippen LogP contribution in [0.3, 0.4) is 0 Å². The molecule has 2 atom stereocenters. The summed E-state index contributed by atoms with van der Waals surface area (Å²) < 4.78 is 5.03. The maximum absolute atomic E-state index is 12.7. The molecule has 1 aromatic rings. The van der Waals surface area contributed by atoms with Gasteiger partial charge in [0, 0.05) is 44.1 Å². The van der Waals surface area contributed by atoms with Crippen molar-refractivity contribution in [3.05, 3.63) is 17.5 Å². The van der Waals surface area contributed by atoms with E-state index in [4.69, 9.17) is 4.52 Å². The number of carbonyl (C=O) groups is 2. The molecule has 2 aliphatic rings. The molecule has 0 bridgehead atoms. The topological polar surface area (TPSA) is 90.7 Å². The summed E-state index contributed by atoms with van der Waals surface area (Å²) in [5, 5.41) is 10.6. The SMILES string of the molecule is Cc1cc(CNC(=O)[C@@H]2CCC[C@@H](NC3CCN(C)CC3)CN(C)C(=O)C2)no1. The number of carbonyl (C=O) groups excluding carboxylic acids is 2. The Labute approximate surface area is 173 Å². The van der Waals surface area contributed by atoms with Crippen molar-refractivity contribution in [1.29, 1.82) is 0 Å². The Morgan fingerprint density at radius 3 is 2.66 bits per heavy atom. The van der Waals surface area contributed by atoms with Gasteiger partial charge in [-0.15, -0.1) is 0 Å². The van der Waals surface area contributed by atoms with E-state index in [0.29, 0.717) is 24.8 Å². The average molecular weight is 406 g/mol. The average Bonchev–Trinajstić information content (AvgIpc) is 3.13. The van der Waals surface area contributed by atoms with Crippen molar-refractivity contribution in [2.75, 3.05) is 33.7 Å². The van der Waals surface area contributed by atoms with E-state index in [1.165, 1.54) is 0 Å². The molecule has 8 nitrogen and oxygen atoms in total. The molecule has 0 aromatic carbocycles. The summed E-state index contributed by atoms with van der Waals surface area (Å²) in [6.07, 6.45) is 5.22. The highest BCUT2D eigenvalue weighted by Gasteiger charge is 2.28. The minimum absolute atomic E-state index is 0.0412. The van der Waals surface area contributed by atoms with Crippen molar-refractivity contribution < 1.29 is 14.1 Å². The number of likely N-dealkylation sites (tertiary alicyclic amines) is 1. The van der Waals surface area contributed by atoms with E-state index in [1.807, 2.05) is 20.0 Å². The van der Waals surface area contributed by atoms with Crippen LogP contribution in [0.15, 0.2) is 10.6 Å². The van der Waals surface area contributed by atoms with Crippen molar-refractivity contribution in [2.24, 2.45) is 5.92 Å². The van der Waals surface area contributed by atoms with E-state index in [0.717, 1.165) is 51.0 Å². The minimum atomic E-state index is -0.292. The third kappa shape index (κ3) is 6.54. The maximum Gasteiger partial charge on any atom is 0.223 e. The van der Waals surface area contributed by atoms with Gasteiger partial charge in [-0.2, -0.15) is 0 Å². The number of nitrogens with one attached hydrogen (secondary N) is 2. The first kappa shape index (κ1) is 21.8. The van der Waals surface area contributed by atoms with Gasteiger partial charge in [0.15, 0.2) is 0 Å². The van der Waals surface area contributed by atoms with Crippen LogP contribution in [0.2, 0.25) is 0 Å². The molecule has 162 valence electrons. The van der Waals surface area contributed by atoms with E-state index in [2.05, 4.69) is 27.7 Å². The number of likely N-dealkylation sites (N-methyl/N-ethyl adjacent to an activating group) is 1. The number of piperidine rings is 1. The molecule has 2 saturated heterocycles. The van der Waals surface area contributed by atoms with Crippen molar-refractivity contribution in [3.8, 4) is 0 Å². The Balaban J connectivity index is 1.52. The number of amides is 2. The second-order valence-electron chi connectivity index (χ2n) is 8.69.